The number of nitrogens with zero attached hydrogens (tertiary/aromatic N) is 2. The quantitative estimate of drug-likeness (QED) is 0.507. The molecule has 0 saturated carbocycles. The molecule has 0 amide bonds. The molecule has 1 rings (SSSR count). The van der Waals surface area contributed by atoms with Gasteiger partial charge in [0.15, 0.2) is 5.96 Å². The van der Waals surface area contributed by atoms with Crippen LogP contribution in [-0.4, -0.2) is 62.6 Å². The molecule has 0 aromatic rings. The number of aliphatic imine (C=N–C) groups is 1. The minimum Gasteiger partial charge on any atom is -0.359 e. The van der Waals surface area contributed by atoms with E-state index in [-0.39, 0.29) is 0 Å². The van der Waals surface area contributed by atoms with Gasteiger partial charge in [-0.1, -0.05) is 0 Å². The van der Waals surface area contributed by atoms with Gasteiger partial charge < -0.3 is 10.6 Å². The van der Waals surface area contributed by atoms with Gasteiger partial charge in [-0.3, -0.25) is 9.89 Å². The zero-order valence-electron chi connectivity index (χ0n) is 9.05. The molecular formula is C9H20N4S. The van der Waals surface area contributed by atoms with E-state index in [9.17, 15) is 0 Å². The molecule has 14 heavy (non-hydrogen) atoms. The summed E-state index contributed by atoms with van der Waals surface area (Å²) in [6.45, 7) is 4.54. The van der Waals surface area contributed by atoms with Crippen LogP contribution in [0.15, 0.2) is 4.99 Å². The van der Waals surface area contributed by atoms with Crippen molar-refractivity contribution in [2.75, 3.05) is 51.8 Å². The van der Waals surface area contributed by atoms with Crippen molar-refractivity contribution in [1.82, 2.24) is 15.5 Å². The molecule has 82 valence electrons. The lowest BCUT2D eigenvalue weighted by molar-refractivity contribution is 0.307. The lowest BCUT2D eigenvalue weighted by atomic mass is 10.4. The Balaban J connectivity index is 2.07. The SMILES string of the molecule is CN=C(NC)NCCN1CCSCC1. The largest absolute Gasteiger partial charge is 0.359 e. The number of guanidine groups is 1. The summed E-state index contributed by atoms with van der Waals surface area (Å²) in [6.07, 6.45) is 0. The van der Waals surface area contributed by atoms with E-state index in [0.717, 1.165) is 19.0 Å². The predicted octanol–water partition coefficient (Wildman–Crippen LogP) is -0.170. The highest BCUT2D eigenvalue weighted by atomic mass is 32.2. The molecule has 0 unspecified atom stereocenters. The van der Waals surface area contributed by atoms with E-state index in [1.165, 1.54) is 24.6 Å². The monoisotopic (exact) mass is 216 g/mol. The van der Waals surface area contributed by atoms with Crippen LogP contribution >= 0.6 is 11.8 Å². The molecule has 1 aliphatic heterocycles. The van der Waals surface area contributed by atoms with Crippen molar-refractivity contribution < 1.29 is 0 Å². The van der Waals surface area contributed by atoms with E-state index >= 15 is 0 Å². The van der Waals surface area contributed by atoms with E-state index in [4.69, 9.17) is 0 Å². The summed E-state index contributed by atoms with van der Waals surface area (Å²) >= 11 is 2.05. The first-order valence-electron chi connectivity index (χ1n) is 5.05. The van der Waals surface area contributed by atoms with E-state index < -0.39 is 0 Å². The number of nitrogens with one attached hydrogen (secondary N) is 2. The topological polar surface area (TPSA) is 39.7 Å². The van der Waals surface area contributed by atoms with Crippen LogP contribution in [0.1, 0.15) is 0 Å². The molecule has 0 atom stereocenters. The number of hydrogen-bond donors (Lipinski definition) is 2. The third-order valence-corrected chi connectivity index (χ3v) is 3.23. The lowest BCUT2D eigenvalue weighted by Crippen LogP contribution is -2.42. The minimum atomic E-state index is 0.872. The van der Waals surface area contributed by atoms with Gasteiger partial charge in [-0.05, 0) is 0 Å². The average molecular weight is 216 g/mol. The highest BCUT2D eigenvalue weighted by Gasteiger charge is 2.09. The van der Waals surface area contributed by atoms with E-state index in [1.54, 1.807) is 7.05 Å². The van der Waals surface area contributed by atoms with Crippen LogP contribution in [-0.2, 0) is 0 Å². The second kappa shape index (κ2) is 6.95. The average Bonchev–Trinajstić information content (AvgIpc) is 2.26. The fourth-order valence-electron chi connectivity index (χ4n) is 1.44. The lowest BCUT2D eigenvalue weighted by Gasteiger charge is -2.26. The molecule has 0 aromatic carbocycles. The van der Waals surface area contributed by atoms with Gasteiger partial charge in [-0.15, -0.1) is 0 Å². The Bertz CT molecular complexity index is 178. The molecule has 1 aliphatic rings. The van der Waals surface area contributed by atoms with Crippen molar-refractivity contribution in [2.24, 2.45) is 4.99 Å². The van der Waals surface area contributed by atoms with Gasteiger partial charge >= 0.3 is 0 Å². The summed E-state index contributed by atoms with van der Waals surface area (Å²) < 4.78 is 0. The van der Waals surface area contributed by atoms with Crippen molar-refractivity contribution in [2.45, 2.75) is 0 Å². The van der Waals surface area contributed by atoms with Crippen molar-refractivity contribution in [3.63, 3.8) is 0 Å². The molecule has 1 saturated heterocycles. The van der Waals surface area contributed by atoms with Crippen molar-refractivity contribution >= 4 is 17.7 Å². The van der Waals surface area contributed by atoms with Crippen LogP contribution in [0.2, 0.25) is 0 Å². The molecule has 0 aromatic heterocycles. The second-order valence-electron chi connectivity index (χ2n) is 3.20. The third-order valence-electron chi connectivity index (χ3n) is 2.28. The maximum absolute atomic E-state index is 4.06. The Morgan fingerprint density at radius 3 is 2.71 bits per heavy atom. The van der Waals surface area contributed by atoms with Crippen LogP contribution in [0, 0.1) is 0 Å². The Morgan fingerprint density at radius 2 is 2.14 bits per heavy atom. The number of thioether (sulfide) groups is 1. The first-order chi connectivity index (χ1) is 6.86. The van der Waals surface area contributed by atoms with Crippen LogP contribution < -0.4 is 10.6 Å². The smallest absolute Gasteiger partial charge is 0.190 e. The van der Waals surface area contributed by atoms with Gasteiger partial charge in [0.25, 0.3) is 0 Å². The molecule has 0 radical (unpaired) electrons. The number of hydrogen-bond acceptors (Lipinski definition) is 3. The molecular weight excluding hydrogens is 196 g/mol. The van der Waals surface area contributed by atoms with E-state index in [2.05, 4.69) is 20.5 Å². The maximum Gasteiger partial charge on any atom is 0.190 e. The van der Waals surface area contributed by atoms with Crippen LogP contribution in [0.25, 0.3) is 0 Å². The number of rotatable bonds is 3. The third kappa shape index (κ3) is 4.19. The Labute approximate surface area is 90.5 Å². The fourth-order valence-corrected chi connectivity index (χ4v) is 2.42. The van der Waals surface area contributed by atoms with Gasteiger partial charge in [0.05, 0.1) is 0 Å². The van der Waals surface area contributed by atoms with Gasteiger partial charge in [-0.25, -0.2) is 0 Å². The summed E-state index contributed by atoms with van der Waals surface area (Å²) in [7, 11) is 3.67. The van der Waals surface area contributed by atoms with Gasteiger partial charge in [0, 0.05) is 51.8 Å². The zero-order valence-corrected chi connectivity index (χ0v) is 9.86. The molecule has 4 nitrogen and oxygen atoms in total. The summed E-state index contributed by atoms with van der Waals surface area (Å²) in [6, 6.07) is 0. The summed E-state index contributed by atoms with van der Waals surface area (Å²) in [5.74, 6) is 3.43. The molecule has 2 N–H and O–H groups in total. The van der Waals surface area contributed by atoms with Crippen LogP contribution in [0.4, 0.5) is 0 Å². The molecule has 1 heterocycles. The molecule has 0 aliphatic carbocycles. The minimum absolute atomic E-state index is 0.872. The highest BCUT2D eigenvalue weighted by molar-refractivity contribution is 7.99. The first kappa shape index (κ1) is 11.7. The Hall–Kier alpha value is -0.420. The Morgan fingerprint density at radius 1 is 1.43 bits per heavy atom. The molecule has 0 bridgehead atoms. The maximum atomic E-state index is 4.06. The van der Waals surface area contributed by atoms with Crippen molar-refractivity contribution in [3.05, 3.63) is 0 Å². The van der Waals surface area contributed by atoms with Crippen LogP contribution in [0.5, 0.6) is 0 Å². The Kier molecular flexibility index (Phi) is 5.78. The van der Waals surface area contributed by atoms with E-state index in [1.807, 2.05) is 18.8 Å². The normalized spacial score (nSPS) is 19.4. The predicted molar refractivity (Wildman–Crippen MR) is 64.2 cm³/mol. The molecule has 1 fully saturated rings. The fraction of sp³-hybridized carbons (Fsp3) is 0.889. The van der Waals surface area contributed by atoms with Crippen molar-refractivity contribution in [1.29, 1.82) is 0 Å². The van der Waals surface area contributed by atoms with Crippen LogP contribution in [0.3, 0.4) is 0 Å². The molecule has 5 heteroatoms. The first-order valence-corrected chi connectivity index (χ1v) is 6.21. The summed E-state index contributed by atoms with van der Waals surface area (Å²) in [5, 5.41) is 6.26. The molecule has 0 spiro atoms. The van der Waals surface area contributed by atoms with Crippen molar-refractivity contribution in [3.8, 4) is 0 Å². The van der Waals surface area contributed by atoms with Gasteiger partial charge in [-0.2, -0.15) is 11.8 Å². The summed E-state index contributed by atoms with van der Waals surface area (Å²) in [4.78, 5) is 6.55. The zero-order chi connectivity index (χ0) is 10.2. The standard InChI is InChI=1S/C9H20N4S/c1-10-9(11-2)12-3-4-13-5-7-14-8-6-13/h3-8H2,1-2H3,(H2,10,11,12). The van der Waals surface area contributed by atoms with Gasteiger partial charge in [0.2, 0.25) is 0 Å². The highest BCUT2D eigenvalue weighted by Crippen LogP contribution is 2.07. The summed E-state index contributed by atoms with van der Waals surface area (Å²) in [5.41, 5.74) is 0. The second-order valence-corrected chi connectivity index (χ2v) is 4.43. The van der Waals surface area contributed by atoms with Gasteiger partial charge in [0.1, 0.15) is 0 Å². The van der Waals surface area contributed by atoms with E-state index in [0.29, 0.717) is 0 Å².